The van der Waals surface area contributed by atoms with Crippen molar-refractivity contribution < 1.29 is 5.11 Å². The number of nitrogen functional groups attached to an aromatic ring is 1. The summed E-state index contributed by atoms with van der Waals surface area (Å²) >= 11 is 1.59. The summed E-state index contributed by atoms with van der Waals surface area (Å²) in [5, 5.41) is 10.6. The molecule has 0 spiro atoms. The van der Waals surface area contributed by atoms with Crippen molar-refractivity contribution in [2.24, 2.45) is 0 Å². The smallest absolute Gasteiger partial charge is 0.124 e. The molecular formula is C14H12N2OS. The summed E-state index contributed by atoms with van der Waals surface area (Å²) in [4.78, 5) is 4.58. The Morgan fingerprint density at radius 3 is 2.56 bits per heavy atom. The third-order valence-electron chi connectivity index (χ3n) is 2.93. The van der Waals surface area contributed by atoms with Gasteiger partial charge < -0.3 is 10.8 Å². The largest absolute Gasteiger partial charge is 0.508 e. The summed E-state index contributed by atoms with van der Waals surface area (Å²) in [6, 6.07) is 11.2. The van der Waals surface area contributed by atoms with Gasteiger partial charge in [0, 0.05) is 16.8 Å². The Bertz CT molecular complexity index is 716. The molecule has 0 radical (unpaired) electrons. The van der Waals surface area contributed by atoms with Gasteiger partial charge in [0.05, 0.1) is 10.2 Å². The minimum absolute atomic E-state index is 0.315. The molecule has 0 bridgehead atoms. The fraction of sp³-hybridized carbons (Fsp3) is 0.0714. The van der Waals surface area contributed by atoms with Gasteiger partial charge in [0.25, 0.3) is 0 Å². The van der Waals surface area contributed by atoms with E-state index in [1.54, 1.807) is 17.4 Å². The normalized spacial score (nSPS) is 10.9. The van der Waals surface area contributed by atoms with Gasteiger partial charge in [0.15, 0.2) is 0 Å². The van der Waals surface area contributed by atoms with Crippen LogP contribution < -0.4 is 5.73 Å². The van der Waals surface area contributed by atoms with Crippen molar-refractivity contribution in [1.29, 1.82) is 0 Å². The molecule has 18 heavy (non-hydrogen) atoms. The highest BCUT2D eigenvalue weighted by molar-refractivity contribution is 7.21. The zero-order chi connectivity index (χ0) is 12.7. The van der Waals surface area contributed by atoms with Crippen molar-refractivity contribution in [1.82, 2.24) is 4.98 Å². The molecule has 1 aromatic heterocycles. The van der Waals surface area contributed by atoms with Crippen LogP contribution in [0, 0.1) is 6.92 Å². The van der Waals surface area contributed by atoms with Crippen LogP contribution in [-0.2, 0) is 0 Å². The molecule has 1 heterocycles. The Balaban J connectivity index is 2.19. The summed E-state index contributed by atoms with van der Waals surface area (Å²) in [6.45, 7) is 1.91. The van der Waals surface area contributed by atoms with Crippen LogP contribution >= 0.6 is 11.3 Å². The second-order valence-corrected chi connectivity index (χ2v) is 5.20. The highest BCUT2D eigenvalue weighted by Gasteiger charge is 2.10. The van der Waals surface area contributed by atoms with Crippen LogP contribution in [0.15, 0.2) is 36.4 Å². The maximum atomic E-state index is 9.70. The average molecular weight is 256 g/mol. The molecule has 0 atom stereocenters. The molecule has 3 aromatic rings. The summed E-state index contributed by atoms with van der Waals surface area (Å²) in [6.07, 6.45) is 0. The van der Waals surface area contributed by atoms with Crippen LogP contribution in [0.4, 0.5) is 5.69 Å². The molecule has 3 N–H and O–H groups in total. The van der Waals surface area contributed by atoms with E-state index in [9.17, 15) is 5.11 Å². The fourth-order valence-electron chi connectivity index (χ4n) is 1.86. The molecule has 0 aliphatic carbocycles. The van der Waals surface area contributed by atoms with Gasteiger partial charge in [-0.2, -0.15) is 0 Å². The number of fused-ring (bicyclic) bond motifs is 1. The standard InChI is InChI=1S/C14H12N2OS/c1-8-12(17)7-6-11-13(8)18-14(16-11)9-2-4-10(15)5-3-9/h2-7,17H,15H2,1H3. The van der Waals surface area contributed by atoms with Gasteiger partial charge in [-0.25, -0.2) is 4.98 Å². The van der Waals surface area contributed by atoms with E-state index in [1.165, 1.54) is 0 Å². The zero-order valence-corrected chi connectivity index (χ0v) is 10.7. The van der Waals surface area contributed by atoms with E-state index in [1.807, 2.05) is 37.3 Å². The molecule has 0 aliphatic rings. The number of aryl methyl sites for hydroxylation is 1. The number of hydrogen-bond donors (Lipinski definition) is 2. The van der Waals surface area contributed by atoms with Crippen LogP contribution in [-0.4, -0.2) is 10.1 Å². The first-order chi connectivity index (χ1) is 8.65. The minimum Gasteiger partial charge on any atom is -0.508 e. The first kappa shape index (κ1) is 11.0. The highest BCUT2D eigenvalue weighted by Crippen LogP contribution is 2.35. The van der Waals surface area contributed by atoms with Crippen molar-refractivity contribution in [3.63, 3.8) is 0 Å². The van der Waals surface area contributed by atoms with Crippen LogP contribution in [0.25, 0.3) is 20.8 Å². The SMILES string of the molecule is Cc1c(O)ccc2nc(-c3ccc(N)cc3)sc12. The van der Waals surface area contributed by atoms with E-state index >= 15 is 0 Å². The Kier molecular flexibility index (Phi) is 2.45. The topological polar surface area (TPSA) is 59.1 Å². The summed E-state index contributed by atoms with van der Waals surface area (Å²) in [5.74, 6) is 0.315. The number of phenols is 1. The van der Waals surface area contributed by atoms with Gasteiger partial charge in [-0.3, -0.25) is 0 Å². The van der Waals surface area contributed by atoms with E-state index in [0.717, 1.165) is 32.0 Å². The van der Waals surface area contributed by atoms with Crippen LogP contribution in [0.2, 0.25) is 0 Å². The number of nitrogens with zero attached hydrogens (tertiary/aromatic N) is 1. The number of aromatic nitrogens is 1. The first-order valence-corrected chi connectivity index (χ1v) is 6.42. The number of rotatable bonds is 1. The summed E-state index contributed by atoms with van der Waals surface area (Å²) < 4.78 is 1.03. The highest BCUT2D eigenvalue weighted by atomic mass is 32.1. The van der Waals surface area contributed by atoms with Crippen LogP contribution in [0.5, 0.6) is 5.75 Å². The second kappa shape index (κ2) is 3.99. The van der Waals surface area contributed by atoms with Crippen molar-refractivity contribution >= 4 is 27.2 Å². The Morgan fingerprint density at radius 2 is 1.83 bits per heavy atom. The summed E-state index contributed by atoms with van der Waals surface area (Å²) in [7, 11) is 0. The van der Waals surface area contributed by atoms with Crippen LogP contribution in [0.3, 0.4) is 0 Å². The molecule has 0 aliphatic heterocycles. The Labute approximate surface area is 109 Å². The lowest BCUT2D eigenvalue weighted by Gasteiger charge is -1.97. The lowest BCUT2D eigenvalue weighted by molar-refractivity contribution is 0.472. The number of phenolic OH excluding ortho intramolecular Hbond substituents is 1. The summed E-state index contributed by atoms with van der Waals surface area (Å²) in [5.41, 5.74) is 9.26. The third-order valence-corrected chi connectivity index (χ3v) is 4.17. The Morgan fingerprint density at radius 1 is 1.11 bits per heavy atom. The predicted molar refractivity (Wildman–Crippen MR) is 75.9 cm³/mol. The van der Waals surface area contributed by atoms with Crippen molar-refractivity contribution in [3.8, 4) is 16.3 Å². The number of nitrogens with two attached hydrogens (primary N) is 1. The van der Waals surface area contributed by atoms with Crippen LogP contribution in [0.1, 0.15) is 5.56 Å². The first-order valence-electron chi connectivity index (χ1n) is 5.60. The number of thiazole rings is 1. The second-order valence-electron chi connectivity index (χ2n) is 4.20. The van der Waals surface area contributed by atoms with Crippen molar-refractivity contribution in [2.75, 3.05) is 5.73 Å². The number of hydrogen-bond acceptors (Lipinski definition) is 4. The molecule has 2 aromatic carbocycles. The van der Waals surface area contributed by atoms with Gasteiger partial charge in [0.2, 0.25) is 0 Å². The van der Waals surface area contributed by atoms with Gasteiger partial charge in [-0.1, -0.05) is 0 Å². The number of anilines is 1. The molecule has 90 valence electrons. The Hall–Kier alpha value is -2.07. The fourth-order valence-corrected chi connectivity index (χ4v) is 2.93. The zero-order valence-electron chi connectivity index (χ0n) is 9.84. The monoisotopic (exact) mass is 256 g/mol. The number of aromatic hydroxyl groups is 1. The molecule has 0 amide bonds. The van der Waals surface area contributed by atoms with E-state index in [4.69, 9.17) is 5.73 Å². The number of benzene rings is 2. The molecule has 3 rings (SSSR count). The van der Waals surface area contributed by atoms with Gasteiger partial charge >= 0.3 is 0 Å². The third kappa shape index (κ3) is 1.71. The molecule has 0 saturated carbocycles. The van der Waals surface area contributed by atoms with E-state index < -0.39 is 0 Å². The minimum atomic E-state index is 0.315. The van der Waals surface area contributed by atoms with E-state index in [2.05, 4.69) is 4.98 Å². The average Bonchev–Trinajstić information content (AvgIpc) is 2.80. The molecular weight excluding hydrogens is 244 g/mol. The van der Waals surface area contributed by atoms with E-state index in [0.29, 0.717) is 5.75 Å². The molecule has 4 heteroatoms. The van der Waals surface area contributed by atoms with Gasteiger partial charge in [-0.15, -0.1) is 11.3 Å². The van der Waals surface area contributed by atoms with Gasteiger partial charge in [-0.05, 0) is 43.3 Å². The van der Waals surface area contributed by atoms with Crippen molar-refractivity contribution in [2.45, 2.75) is 6.92 Å². The quantitative estimate of drug-likeness (QED) is 0.654. The maximum Gasteiger partial charge on any atom is 0.124 e. The van der Waals surface area contributed by atoms with E-state index in [-0.39, 0.29) is 0 Å². The lowest BCUT2D eigenvalue weighted by Crippen LogP contribution is -1.83. The molecule has 0 saturated heterocycles. The predicted octanol–water partition coefficient (Wildman–Crippen LogP) is 3.56. The molecule has 0 fully saturated rings. The lowest BCUT2D eigenvalue weighted by atomic mass is 10.2. The molecule has 0 unspecified atom stereocenters. The van der Waals surface area contributed by atoms with Crippen molar-refractivity contribution in [3.05, 3.63) is 42.0 Å². The molecule has 3 nitrogen and oxygen atoms in total. The maximum absolute atomic E-state index is 9.70. The van der Waals surface area contributed by atoms with Gasteiger partial charge in [0.1, 0.15) is 10.8 Å².